The molecule has 0 spiro atoms. The van der Waals surface area contributed by atoms with E-state index in [9.17, 15) is 4.79 Å². The van der Waals surface area contributed by atoms with E-state index in [1.54, 1.807) is 6.20 Å². The van der Waals surface area contributed by atoms with Gasteiger partial charge in [-0.25, -0.2) is 0 Å². The van der Waals surface area contributed by atoms with Crippen molar-refractivity contribution in [2.45, 2.75) is 53.3 Å². The lowest BCUT2D eigenvalue weighted by Gasteiger charge is -2.14. The largest absolute Gasteiger partial charge is 0.487 e. The Bertz CT molecular complexity index is 691. The van der Waals surface area contributed by atoms with Gasteiger partial charge in [-0.05, 0) is 56.5 Å². The number of aryl methyl sites for hydroxylation is 2. The van der Waals surface area contributed by atoms with Crippen LogP contribution in [0.2, 0.25) is 0 Å². The van der Waals surface area contributed by atoms with Crippen LogP contribution in [0.4, 0.5) is 0 Å². The Labute approximate surface area is 156 Å². The van der Waals surface area contributed by atoms with Crippen molar-refractivity contribution in [3.05, 3.63) is 58.9 Å². The van der Waals surface area contributed by atoms with Gasteiger partial charge in [-0.15, -0.1) is 0 Å². The highest BCUT2D eigenvalue weighted by atomic mass is 16.5. The standard InChI is InChI=1S/C21H29N3O2/c1-15(2)24-20(25)8-10-22-13-18-11-16(3)21(17(4)12-18)26-14-19-7-5-6-9-23-19/h5-7,9,11-12,15,22H,8,10,13-14H2,1-4H3,(H,24,25). The summed E-state index contributed by atoms with van der Waals surface area (Å²) in [7, 11) is 0. The van der Waals surface area contributed by atoms with E-state index in [0.29, 0.717) is 19.6 Å². The Morgan fingerprint density at radius 1 is 1.19 bits per heavy atom. The molecule has 0 saturated heterocycles. The average Bonchev–Trinajstić information content (AvgIpc) is 2.58. The number of hydrogen-bond donors (Lipinski definition) is 2. The molecule has 26 heavy (non-hydrogen) atoms. The molecule has 1 aromatic heterocycles. The summed E-state index contributed by atoms with van der Waals surface area (Å²) in [5.41, 5.74) is 4.32. The van der Waals surface area contributed by atoms with Crippen LogP contribution < -0.4 is 15.4 Å². The first kappa shape index (κ1) is 19.9. The molecular formula is C21H29N3O2. The predicted octanol–water partition coefficient (Wildman–Crippen LogP) is 3.28. The summed E-state index contributed by atoms with van der Waals surface area (Å²) in [5.74, 6) is 0.994. The van der Waals surface area contributed by atoms with Crippen LogP contribution in [0.1, 0.15) is 42.7 Å². The van der Waals surface area contributed by atoms with Crippen LogP contribution in [0, 0.1) is 13.8 Å². The van der Waals surface area contributed by atoms with Gasteiger partial charge in [0.05, 0.1) is 5.69 Å². The van der Waals surface area contributed by atoms with E-state index in [1.165, 1.54) is 5.56 Å². The van der Waals surface area contributed by atoms with Crippen molar-refractivity contribution in [2.24, 2.45) is 0 Å². The maximum Gasteiger partial charge on any atom is 0.221 e. The number of ether oxygens (including phenoxy) is 1. The SMILES string of the molecule is Cc1cc(CNCCC(=O)NC(C)C)cc(C)c1OCc1ccccn1. The summed E-state index contributed by atoms with van der Waals surface area (Å²) >= 11 is 0. The summed E-state index contributed by atoms with van der Waals surface area (Å²) in [4.78, 5) is 15.9. The number of nitrogens with one attached hydrogen (secondary N) is 2. The zero-order valence-corrected chi connectivity index (χ0v) is 16.1. The first-order valence-electron chi connectivity index (χ1n) is 9.08. The molecule has 1 heterocycles. The number of pyridine rings is 1. The van der Waals surface area contributed by atoms with E-state index < -0.39 is 0 Å². The van der Waals surface area contributed by atoms with Gasteiger partial charge in [0.25, 0.3) is 0 Å². The normalized spacial score (nSPS) is 10.8. The number of carbonyl (C=O) groups excluding carboxylic acids is 1. The Morgan fingerprint density at radius 3 is 2.54 bits per heavy atom. The minimum Gasteiger partial charge on any atom is -0.487 e. The molecule has 0 radical (unpaired) electrons. The van der Waals surface area contributed by atoms with Crippen molar-refractivity contribution in [3.8, 4) is 5.75 Å². The van der Waals surface area contributed by atoms with E-state index in [4.69, 9.17) is 4.74 Å². The van der Waals surface area contributed by atoms with Crippen LogP contribution in [0.25, 0.3) is 0 Å². The van der Waals surface area contributed by atoms with Gasteiger partial charge >= 0.3 is 0 Å². The average molecular weight is 355 g/mol. The van der Waals surface area contributed by atoms with Crippen LogP contribution in [-0.2, 0) is 17.9 Å². The number of hydrogen-bond acceptors (Lipinski definition) is 4. The number of benzene rings is 1. The third-order valence-electron chi connectivity index (χ3n) is 3.92. The van der Waals surface area contributed by atoms with Gasteiger partial charge in [0.2, 0.25) is 5.91 Å². The molecule has 0 unspecified atom stereocenters. The lowest BCUT2D eigenvalue weighted by molar-refractivity contribution is -0.121. The summed E-state index contributed by atoms with van der Waals surface area (Å²) in [6.07, 6.45) is 2.26. The highest BCUT2D eigenvalue weighted by molar-refractivity contribution is 5.76. The maximum absolute atomic E-state index is 11.6. The Balaban J connectivity index is 1.85. The van der Waals surface area contributed by atoms with Crippen molar-refractivity contribution in [1.82, 2.24) is 15.6 Å². The molecule has 0 aliphatic carbocycles. The first-order valence-corrected chi connectivity index (χ1v) is 9.08. The van der Waals surface area contributed by atoms with Gasteiger partial charge in [-0.2, -0.15) is 0 Å². The summed E-state index contributed by atoms with van der Waals surface area (Å²) in [6.45, 7) is 9.90. The molecule has 0 aliphatic heterocycles. The molecule has 0 saturated carbocycles. The fourth-order valence-corrected chi connectivity index (χ4v) is 2.83. The highest BCUT2D eigenvalue weighted by Crippen LogP contribution is 2.25. The van der Waals surface area contributed by atoms with Gasteiger partial charge in [0.1, 0.15) is 12.4 Å². The molecular weight excluding hydrogens is 326 g/mol. The number of aromatic nitrogens is 1. The van der Waals surface area contributed by atoms with Crippen LogP contribution >= 0.6 is 0 Å². The van der Waals surface area contributed by atoms with Crippen molar-refractivity contribution < 1.29 is 9.53 Å². The molecule has 0 aliphatic rings. The smallest absolute Gasteiger partial charge is 0.221 e. The van der Waals surface area contributed by atoms with E-state index in [2.05, 4.69) is 41.6 Å². The Hall–Kier alpha value is -2.40. The second-order valence-electron chi connectivity index (χ2n) is 6.82. The van der Waals surface area contributed by atoms with Gasteiger partial charge < -0.3 is 15.4 Å². The minimum atomic E-state index is 0.0816. The molecule has 1 aromatic carbocycles. The van der Waals surface area contributed by atoms with E-state index >= 15 is 0 Å². The molecule has 5 nitrogen and oxygen atoms in total. The van der Waals surface area contributed by atoms with Crippen molar-refractivity contribution in [1.29, 1.82) is 0 Å². The van der Waals surface area contributed by atoms with Crippen LogP contribution in [0.3, 0.4) is 0 Å². The van der Waals surface area contributed by atoms with Gasteiger partial charge in [0, 0.05) is 31.7 Å². The number of carbonyl (C=O) groups is 1. The quantitative estimate of drug-likeness (QED) is 0.678. The molecule has 1 amide bonds. The monoisotopic (exact) mass is 355 g/mol. The van der Waals surface area contributed by atoms with Crippen molar-refractivity contribution in [3.63, 3.8) is 0 Å². The summed E-state index contributed by atoms with van der Waals surface area (Å²) in [5, 5.41) is 6.22. The molecule has 0 bridgehead atoms. The zero-order valence-electron chi connectivity index (χ0n) is 16.1. The van der Waals surface area contributed by atoms with E-state index in [-0.39, 0.29) is 11.9 Å². The minimum absolute atomic E-state index is 0.0816. The molecule has 0 fully saturated rings. The molecule has 2 aromatic rings. The molecule has 2 rings (SSSR count). The second-order valence-corrected chi connectivity index (χ2v) is 6.82. The Kier molecular flexibility index (Phi) is 7.60. The van der Waals surface area contributed by atoms with E-state index in [1.807, 2.05) is 32.0 Å². The fraction of sp³-hybridized carbons (Fsp3) is 0.429. The zero-order chi connectivity index (χ0) is 18.9. The maximum atomic E-state index is 11.6. The lowest BCUT2D eigenvalue weighted by atomic mass is 10.1. The molecule has 2 N–H and O–H groups in total. The number of rotatable bonds is 9. The summed E-state index contributed by atoms with van der Waals surface area (Å²) in [6, 6.07) is 10.3. The van der Waals surface area contributed by atoms with Crippen LogP contribution in [0.15, 0.2) is 36.5 Å². The topological polar surface area (TPSA) is 63.2 Å². The fourth-order valence-electron chi connectivity index (χ4n) is 2.83. The van der Waals surface area contributed by atoms with Gasteiger partial charge in [-0.1, -0.05) is 18.2 Å². The highest BCUT2D eigenvalue weighted by Gasteiger charge is 2.08. The molecule has 5 heteroatoms. The van der Waals surface area contributed by atoms with Crippen molar-refractivity contribution in [2.75, 3.05) is 6.54 Å². The lowest BCUT2D eigenvalue weighted by Crippen LogP contribution is -2.32. The third kappa shape index (κ3) is 6.48. The van der Waals surface area contributed by atoms with Crippen molar-refractivity contribution >= 4 is 5.91 Å². The first-order chi connectivity index (χ1) is 12.5. The Morgan fingerprint density at radius 2 is 1.92 bits per heavy atom. The predicted molar refractivity (Wildman–Crippen MR) is 104 cm³/mol. The van der Waals surface area contributed by atoms with Gasteiger partial charge in [-0.3, -0.25) is 9.78 Å². The third-order valence-corrected chi connectivity index (χ3v) is 3.92. The second kappa shape index (κ2) is 9.92. The molecule has 140 valence electrons. The van der Waals surface area contributed by atoms with Crippen LogP contribution in [-0.4, -0.2) is 23.5 Å². The van der Waals surface area contributed by atoms with E-state index in [0.717, 1.165) is 29.1 Å². The van der Waals surface area contributed by atoms with Gasteiger partial charge in [0.15, 0.2) is 0 Å². The molecule has 0 atom stereocenters. The summed E-state index contributed by atoms with van der Waals surface area (Å²) < 4.78 is 5.97. The number of amides is 1. The van der Waals surface area contributed by atoms with Crippen LogP contribution in [0.5, 0.6) is 5.75 Å². The number of nitrogens with zero attached hydrogens (tertiary/aromatic N) is 1.